The van der Waals surface area contributed by atoms with Crippen LogP contribution in [0.3, 0.4) is 0 Å². The van der Waals surface area contributed by atoms with Gasteiger partial charge in [-0.3, -0.25) is 4.79 Å². The molecule has 8 heteroatoms. The number of hydrogen-bond donors (Lipinski definition) is 2. The minimum absolute atomic E-state index is 0.0636. The summed E-state index contributed by atoms with van der Waals surface area (Å²) in [6, 6.07) is 5.70. The molecule has 7 nitrogen and oxygen atoms in total. The zero-order valence-electron chi connectivity index (χ0n) is 10.1. The Morgan fingerprint density at radius 3 is 2.74 bits per heavy atom. The van der Waals surface area contributed by atoms with Gasteiger partial charge < -0.3 is 9.88 Å². The number of sulfonamides is 1. The molecule has 0 atom stereocenters. The van der Waals surface area contributed by atoms with Crippen molar-refractivity contribution in [2.24, 2.45) is 12.2 Å². The van der Waals surface area contributed by atoms with E-state index >= 15 is 0 Å². The van der Waals surface area contributed by atoms with Crippen LogP contribution in [0.2, 0.25) is 0 Å². The summed E-state index contributed by atoms with van der Waals surface area (Å²) in [5.41, 5.74) is 0.575. The molecular weight excluding hydrogens is 268 g/mol. The first-order chi connectivity index (χ1) is 8.86. The second-order valence-corrected chi connectivity index (χ2v) is 5.51. The molecule has 2 aromatic rings. The molecule has 1 heterocycles. The van der Waals surface area contributed by atoms with Gasteiger partial charge in [0.25, 0.3) is 5.91 Å². The first-order valence-electron chi connectivity index (χ1n) is 5.28. The average Bonchev–Trinajstić information content (AvgIpc) is 2.75. The van der Waals surface area contributed by atoms with Crippen molar-refractivity contribution >= 4 is 21.6 Å². The van der Waals surface area contributed by atoms with Crippen LogP contribution in [0.1, 0.15) is 10.5 Å². The molecule has 1 amide bonds. The quantitative estimate of drug-likeness (QED) is 0.844. The predicted molar refractivity (Wildman–Crippen MR) is 69.0 cm³/mol. The molecule has 0 spiro atoms. The van der Waals surface area contributed by atoms with E-state index in [1.165, 1.54) is 24.5 Å². The molecule has 0 radical (unpaired) electrons. The molecule has 0 fully saturated rings. The van der Waals surface area contributed by atoms with Gasteiger partial charge >= 0.3 is 0 Å². The first kappa shape index (κ1) is 13.2. The normalized spacial score (nSPS) is 11.3. The predicted octanol–water partition coefficient (Wildman–Crippen LogP) is 0.320. The molecule has 0 aliphatic carbocycles. The fourth-order valence-electron chi connectivity index (χ4n) is 1.48. The number of hydrogen-bond acceptors (Lipinski definition) is 4. The molecule has 1 aromatic heterocycles. The number of carbonyl (C=O) groups is 1. The summed E-state index contributed by atoms with van der Waals surface area (Å²) in [6.07, 6.45) is 3.05. The molecule has 0 saturated carbocycles. The fraction of sp³-hybridized carbons (Fsp3) is 0.0909. The number of aromatic nitrogens is 2. The minimum atomic E-state index is -3.79. The van der Waals surface area contributed by atoms with E-state index in [9.17, 15) is 13.2 Å². The van der Waals surface area contributed by atoms with Crippen LogP contribution in [0.4, 0.5) is 5.69 Å². The minimum Gasteiger partial charge on any atom is -0.340 e. The molecule has 100 valence electrons. The Kier molecular flexibility index (Phi) is 3.36. The smallest absolute Gasteiger partial charge is 0.275 e. The SMILES string of the molecule is Cn1cnc(C(=O)Nc2cccc(S(N)(=O)=O)c2)c1. The largest absolute Gasteiger partial charge is 0.340 e. The van der Waals surface area contributed by atoms with Crippen LogP contribution in [-0.4, -0.2) is 23.9 Å². The summed E-state index contributed by atoms with van der Waals surface area (Å²) in [5.74, 6) is -0.424. The van der Waals surface area contributed by atoms with Gasteiger partial charge in [-0.05, 0) is 18.2 Å². The van der Waals surface area contributed by atoms with Gasteiger partial charge in [-0.15, -0.1) is 0 Å². The number of imidazole rings is 1. The standard InChI is InChI=1S/C11H12N4O3S/c1-15-6-10(13-7-15)11(16)14-8-3-2-4-9(5-8)19(12,17)18/h2-7H,1H3,(H,14,16)(H2,12,17,18). The van der Waals surface area contributed by atoms with E-state index in [1.54, 1.807) is 23.9 Å². The number of carbonyl (C=O) groups excluding carboxylic acids is 1. The Bertz CT molecular complexity index is 721. The van der Waals surface area contributed by atoms with Gasteiger partial charge in [0.05, 0.1) is 11.2 Å². The average molecular weight is 280 g/mol. The lowest BCUT2D eigenvalue weighted by molar-refractivity contribution is 0.102. The van der Waals surface area contributed by atoms with Gasteiger partial charge in [0, 0.05) is 18.9 Å². The first-order valence-corrected chi connectivity index (χ1v) is 6.83. The molecule has 0 saturated heterocycles. The van der Waals surface area contributed by atoms with Crippen molar-refractivity contribution < 1.29 is 13.2 Å². The molecule has 0 aliphatic heterocycles. The van der Waals surface area contributed by atoms with E-state index in [0.717, 1.165) is 0 Å². The lowest BCUT2D eigenvalue weighted by Crippen LogP contribution is -2.15. The number of benzene rings is 1. The van der Waals surface area contributed by atoms with Crippen LogP contribution in [0.15, 0.2) is 41.7 Å². The van der Waals surface area contributed by atoms with Crippen LogP contribution in [-0.2, 0) is 17.1 Å². The van der Waals surface area contributed by atoms with Crippen LogP contribution in [0.5, 0.6) is 0 Å². The highest BCUT2D eigenvalue weighted by Gasteiger charge is 2.11. The van der Waals surface area contributed by atoms with Crippen molar-refractivity contribution in [1.29, 1.82) is 0 Å². The number of primary sulfonamides is 1. The maximum atomic E-state index is 11.8. The van der Waals surface area contributed by atoms with Crippen molar-refractivity contribution in [3.8, 4) is 0 Å². The maximum Gasteiger partial charge on any atom is 0.275 e. The van der Waals surface area contributed by atoms with Gasteiger partial charge in [-0.1, -0.05) is 6.07 Å². The topological polar surface area (TPSA) is 107 Å². The van der Waals surface area contributed by atoms with Crippen molar-refractivity contribution in [2.45, 2.75) is 4.90 Å². The molecule has 3 N–H and O–H groups in total. The fourth-order valence-corrected chi connectivity index (χ4v) is 2.04. The van der Waals surface area contributed by atoms with Crippen LogP contribution >= 0.6 is 0 Å². The third kappa shape index (κ3) is 3.18. The van der Waals surface area contributed by atoms with E-state index in [2.05, 4.69) is 10.3 Å². The monoisotopic (exact) mass is 280 g/mol. The summed E-state index contributed by atoms with van der Waals surface area (Å²) in [7, 11) is -2.05. The van der Waals surface area contributed by atoms with E-state index in [-0.39, 0.29) is 10.6 Å². The number of aryl methyl sites for hydroxylation is 1. The summed E-state index contributed by atoms with van der Waals surface area (Å²) >= 11 is 0. The van der Waals surface area contributed by atoms with Crippen LogP contribution < -0.4 is 10.5 Å². The maximum absolute atomic E-state index is 11.8. The van der Waals surface area contributed by atoms with Crippen molar-refractivity contribution in [1.82, 2.24) is 9.55 Å². The Hall–Kier alpha value is -2.19. The van der Waals surface area contributed by atoms with Crippen LogP contribution in [0.25, 0.3) is 0 Å². The Labute approximate surface area is 110 Å². The number of rotatable bonds is 3. The van der Waals surface area contributed by atoms with Gasteiger partial charge in [0.2, 0.25) is 10.0 Å². The lowest BCUT2D eigenvalue weighted by atomic mass is 10.3. The Balaban J connectivity index is 2.22. The molecular formula is C11H12N4O3S. The highest BCUT2D eigenvalue weighted by atomic mass is 32.2. The number of nitrogens with one attached hydrogen (secondary N) is 1. The van der Waals surface area contributed by atoms with Crippen molar-refractivity contribution in [3.63, 3.8) is 0 Å². The number of amides is 1. The van der Waals surface area contributed by atoms with Gasteiger partial charge in [0.1, 0.15) is 5.69 Å². The van der Waals surface area contributed by atoms with E-state index in [4.69, 9.17) is 5.14 Å². The third-order valence-electron chi connectivity index (χ3n) is 2.36. The molecule has 1 aromatic carbocycles. The molecule has 0 bridgehead atoms. The number of nitrogens with two attached hydrogens (primary N) is 1. The third-order valence-corrected chi connectivity index (χ3v) is 3.27. The van der Waals surface area contributed by atoms with E-state index < -0.39 is 15.9 Å². The van der Waals surface area contributed by atoms with E-state index in [0.29, 0.717) is 5.69 Å². The summed E-state index contributed by atoms with van der Waals surface area (Å²) in [6.45, 7) is 0. The summed E-state index contributed by atoms with van der Waals surface area (Å²) in [5, 5.41) is 7.56. The Morgan fingerprint density at radius 2 is 2.16 bits per heavy atom. The second kappa shape index (κ2) is 4.82. The lowest BCUT2D eigenvalue weighted by Gasteiger charge is -2.05. The van der Waals surface area contributed by atoms with Gasteiger partial charge in [-0.2, -0.15) is 0 Å². The molecule has 0 unspecified atom stereocenters. The van der Waals surface area contributed by atoms with Crippen molar-refractivity contribution in [2.75, 3.05) is 5.32 Å². The summed E-state index contributed by atoms with van der Waals surface area (Å²) < 4.78 is 24.0. The number of nitrogens with zero attached hydrogens (tertiary/aromatic N) is 2. The molecule has 0 aliphatic rings. The molecule has 2 rings (SSSR count). The van der Waals surface area contributed by atoms with Crippen molar-refractivity contribution in [3.05, 3.63) is 42.5 Å². The highest BCUT2D eigenvalue weighted by Crippen LogP contribution is 2.14. The second-order valence-electron chi connectivity index (χ2n) is 3.95. The Morgan fingerprint density at radius 1 is 1.42 bits per heavy atom. The zero-order chi connectivity index (χ0) is 14.0. The van der Waals surface area contributed by atoms with Gasteiger partial charge in [0.15, 0.2) is 0 Å². The van der Waals surface area contributed by atoms with Gasteiger partial charge in [-0.25, -0.2) is 18.5 Å². The highest BCUT2D eigenvalue weighted by molar-refractivity contribution is 7.89. The molecule has 19 heavy (non-hydrogen) atoms. The number of anilines is 1. The zero-order valence-corrected chi connectivity index (χ0v) is 10.9. The summed E-state index contributed by atoms with van der Waals surface area (Å²) in [4.78, 5) is 15.6. The van der Waals surface area contributed by atoms with E-state index in [1.807, 2.05) is 0 Å². The van der Waals surface area contributed by atoms with Crippen LogP contribution in [0, 0.1) is 0 Å².